The zero-order valence-corrected chi connectivity index (χ0v) is 25.4. The van der Waals surface area contributed by atoms with Crippen molar-refractivity contribution in [1.82, 2.24) is 4.90 Å². The molecule has 2 rings (SSSR count). The topological polar surface area (TPSA) is 46.6 Å². The second-order valence-corrected chi connectivity index (χ2v) is 13.7. The molecule has 0 bridgehead atoms. The van der Waals surface area contributed by atoms with E-state index in [0.717, 1.165) is 70.0 Å². The van der Waals surface area contributed by atoms with Crippen LogP contribution in [0.5, 0.6) is 5.75 Å². The van der Waals surface area contributed by atoms with E-state index in [1.165, 1.54) is 6.42 Å². The first-order valence-electron chi connectivity index (χ1n) is 14.8. The van der Waals surface area contributed by atoms with Gasteiger partial charge in [-0.1, -0.05) is 93.7 Å². The van der Waals surface area contributed by atoms with Crippen molar-refractivity contribution >= 4 is 11.9 Å². The number of benzene rings is 1. The van der Waals surface area contributed by atoms with E-state index in [1.54, 1.807) is 0 Å². The van der Waals surface area contributed by atoms with Crippen LogP contribution in [0.3, 0.4) is 0 Å². The first-order chi connectivity index (χ1) is 17.2. The van der Waals surface area contributed by atoms with Crippen LogP contribution in [0.4, 0.5) is 0 Å². The number of nitrogens with zero attached hydrogens (tertiary/aromatic N) is 1. The van der Waals surface area contributed by atoms with Crippen LogP contribution in [0.25, 0.3) is 0 Å². The van der Waals surface area contributed by atoms with Gasteiger partial charge in [0.15, 0.2) is 0 Å². The summed E-state index contributed by atoms with van der Waals surface area (Å²) in [5.41, 5.74) is 0.815. The van der Waals surface area contributed by atoms with Crippen molar-refractivity contribution in [3.8, 4) is 5.75 Å². The summed E-state index contributed by atoms with van der Waals surface area (Å²) in [6.07, 6.45) is 9.29. The van der Waals surface area contributed by atoms with Gasteiger partial charge >= 0.3 is 5.97 Å². The Morgan fingerprint density at radius 2 is 1.49 bits per heavy atom. The molecule has 1 aliphatic rings. The summed E-state index contributed by atoms with van der Waals surface area (Å²) in [6, 6.07) is 7.76. The molecule has 1 aromatic carbocycles. The van der Waals surface area contributed by atoms with Crippen molar-refractivity contribution in [3.05, 3.63) is 29.8 Å². The number of ether oxygens (including phenoxy) is 1. The molecular weight excluding hydrogens is 458 g/mol. The summed E-state index contributed by atoms with van der Waals surface area (Å²) < 4.78 is 6.04. The third-order valence-corrected chi connectivity index (χ3v) is 8.90. The molecule has 2 unspecified atom stereocenters. The number of carbonyl (C=O) groups excluding carboxylic acids is 2. The minimum absolute atomic E-state index is 0.00184. The van der Waals surface area contributed by atoms with Crippen LogP contribution in [0, 0.1) is 22.2 Å². The van der Waals surface area contributed by atoms with Crippen LogP contribution < -0.4 is 4.74 Å². The largest absolute Gasteiger partial charge is 0.426 e. The van der Waals surface area contributed by atoms with Gasteiger partial charge < -0.3 is 9.64 Å². The number of piperidine rings is 1. The van der Waals surface area contributed by atoms with Gasteiger partial charge in [0.2, 0.25) is 5.91 Å². The van der Waals surface area contributed by atoms with Crippen LogP contribution in [0.2, 0.25) is 0 Å². The number of hydrogen-bond donors (Lipinski definition) is 0. The number of rotatable bonds is 12. The van der Waals surface area contributed by atoms with E-state index in [-0.39, 0.29) is 40.0 Å². The highest BCUT2D eigenvalue weighted by Gasteiger charge is 2.47. The van der Waals surface area contributed by atoms with Gasteiger partial charge in [0.1, 0.15) is 5.75 Å². The molecule has 0 aliphatic carbocycles. The summed E-state index contributed by atoms with van der Waals surface area (Å²) in [7, 11) is 0. The van der Waals surface area contributed by atoms with Gasteiger partial charge in [0.25, 0.3) is 0 Å². The fraction of sp³-hybridized carbons (Fsp3) is 0.758. The maximum Gasteiger partial charge on any atom is 0.314 e. The molecule has 4 nitrogen and oxygen atoms in total. The molecule has 0 saturated carbocycles. The molecule has 1 saturated heterocycles. The van der Waals surface area contributed by atoms with E-state index in [0.29, 0.717) is 5.75 Å². The molecule has 1 fully saturated rings. The highest BCUT2D eigenvalue weighted by molar-refractivity contribution is 5.84. The summed E-state index contributed by atoms with van der Waals surface area (Å²) in [4.78, 5) is 29.1. The van der Waals surface area contributed by atoms with E-state index in [2.05, 4.69) is 67.2 Å². The number of carbonyl (C=O) groups is 2. The maximum atomic E-state index is 13.7. The third kappa shape index (κ3) is 8.58. The normalized spacial score (nSPS) is 16.8. The highest BCUT2D eigenvalue weighted by atomic mass is 16.5. The van der Waals surface area contributed by atoms with E-state index in [4.69, 9.17) is 4.74 Å². The molecule has 0 radical (unpaired) electrons. The molecular formula is C33H55NO3. The predicted octanol–water partition coefficient (Wildman–Crippen LogP) is 8.78. The Balaban J connectivity index is 2.25. The summed E-state index contributed by atoms with van der Waals surface area (Å²) in [5.74, 6) is 0.333. The Morgan fingerprint density at radius 1 is 0.892 bits per heavy atom. The van der Waals surface area contributed by atoms with Crippen LogP contribution in [-0.4, -0.2) is 29.9 Å². The lowest BCUT2D eigenvalue weighted by atomic mass is 9.57. The molecule has 37 heavy (non-hydrogen) atoms. The lowest BCUT2D eigenvalue weighted by Gasteiger charge is -2.47. The fourth-order valence-electron chi connectivity index (χ4n) is 5.80. The molecule has 0 aromatic heterocycles. The lowest BCUT2D eigenvalue weighted by molar-refractivity contribution is -0.149. The zero-order valence-electron chi connectivity index (χ0n) is 25.4. The smallest absolute Gasteiger partial charge is 0.314 e. The zero-order chi connectivity index (χ0) is 27.9. The van der Waals surface area contributed by atoms with Gasteiger partial charge in [0.05, 0.1) is 11.8 Å². The van der Waals surface area contributed by atoms with Crippen LogP contribution in [-0.2, 0) is 9.59 Å². The highest BCUT2D eigenvalue weighted by Crippen LogP contribution is 2.51. The summed E-state index contributed by atoms with van der Waals surface area (Å²) >= 11 is 0. The Labute approximate surface area is 227 Å². The molecule has 1 aromatic rings. The quantitative estimate of drug-likeness (QED) is 0.207. The number of amides is 1. The van der Waals surface area contributed by atoms with Crippen molar-refractivity contribution in [2.24, 2.45) is 22.2 Å². The SMILES string of the molecule is CCCCC(C(=O)N1CCCCC1)c1ccc(OC(=O)C(CC(C)(C)C)C(C)(C)C(C)(C)CCC)cc1. The van der Waals surface area contributed by atoms with Gasteiger partial charge in [-0.15, -0.1) is 0 Å². The Kier molecular flexibility index (Phi) is 11.3. The van der Waals surface area contributed by atoms with E-state index in [1.807, 2.05) is 24.3 Å². The maximum absolute atomic E-state index is 13.7. The average Bonchev–Trinajstić information content (AvgIpc) is 2.83. The molecule has 4 heteroatoms. The van der Waals surface area contributed by atoms with Gasteiger partial charge in [-0.25, -0.2) is 0 Å². The Bertz CT molecular complexity index is 857. The van der Waals surface area contributed by atoms with Crippen LogP contribution in [0.1, 0.15) is 132 Å². The number of hydrogen-bond acceptors (Lipinski definition) is 3. The summed E-state index contributed by atoms with van der Waals surface area (Å²) in [6.45, 7) is 21.7. The van der Waals surface area contributed by atoms with Crippen LogP contribution in [0.15, 0.2) is 24.3 Å². The van der Waals surface area contributed by atoms with Gasteiger partial charge in [-0.05, 0) is 72.5 Å². The van der Waals surface area contributed by atoms with Crippen molar-refractivity contribution in [3.63, 3.8) is 0 Å². The third-order valence-electron chi connectivity index (χ3n) is 8.90. The predicted molar refractivity (Wildman–Crippen MR) is 155 cm³/mol. The average molecular weight is 514 g/mol. The standard InChI is InChI=1S/C33H55NO3/c1-10-12-16-27(29(35)34-22-14-13-15-23-34)25-17-19-26(20-18-25)37-30(36)28(24-31(3,4)5)33(8,9)32(6,7)21-11-2/h17-20,27-28H,10-16,21-24H2,1-9H3. The first-order valence-corrected chi connectivity index (χ1v) is 14.8. The molecule has 1 amide bonds. The number of esters is 1. The van der Waals surface area contributed by atoms with Crippen LogP contribution >= 0.6 is 0 Å². The second-order valence-electron chi connectivity index (χ2n) is 13.7. The summed E-state index contributed by atoms with van der Waals surface area (Å²) in [5, 5.41) is 0. The van der Waals surface area contributed by atoms with Gasteiger partial charge in [0, 0.05) is 13.1 Å². The fourth-order valence-corrected chi connectivity index (χ4v) is 5.80. The number of likely N-dealkylation sites (tertiary alicyclic amines) is 1. The van der Waals surface area contributed by atoms with Gasteiger partial charge in [-0.3, -0.25) is 9.59 Å². The van der Waals surface area contributed by atoms with Crippen molar-refractivity contribution in [2.45, 2.75) is 126 Å². The van der Waals surface area contributed by atoms with E-state index < -0.39 is 0 Å². The monoisotopic (exact) mass is 513 g/mol. The Morgan fingerprint density at radius 3 is 2.00 bits per heavy atom. The Hall–Kier alpha value is -1.84. The molecule has 2 atom stereocenters. The molecule has 1 aliphatic heterocycles. The van der Waals surface area contributed by atoms with Crippen molar-refractivity contribution in [1.29, 1.82) is 0 Å². The minimum Gasteiger partial charge on any atom is -0.426 e. The van der Waals surface area contributed by atoms with Crippen molar-refractivity contribution in [2.75, 3.05) is 13.1 Å². The minimum atomic E-state index is -0.223. The van der Waals surface area contributed by atoms with E-state index >= 15 is 0 Å². The second kappa shape index (κ2) is 13.3. The van der Waals surface area contributed by atoms with Crippen molar-refractivity contribution < 1.29 is 14.3 Å². The lowest BCUT2D eigenvalue weighted by Crippen LogP contribution is -2.45. The molecule has 210 valence electrons. The van der Waals surface area contributed by atoms with E-state index in [9.17, 15) is 9.59 Å². The molecule has 0 spiro atoms. The van der Waals surface area contributed by atoms with Gasteiger partial charge in [-0.2, -0.15) is 0 Å². The molecule has 0 N–H and O–H groups in total. The number of unbranched alkanes of at least 4 members (excludes halogenated alkanes) is 1. The molecule has 1 heterocycles. The first kappa shape index (κ1) is 31.4.